The third-order valence-corrected chi connectivity index (χ3v) is 4.27. The van der Waals surface area contributed by atoms with Crippen LogP contribution in [0.1, 0.15) is 37.3 Å². The summed E-state index contributed by atoms with van der Waals surface area (Å²) in [7, 11) is 1.55. The Morgan fingerprint density at radius 1 is 1.08 bits per heavy atom. The molecule has 1 atom stereocenters. The monoisotopic (exact) mass is 355 g/mol. The lowest BCUT2D eigenvalue weighted by Crippen LogP contribution is -2.21. The number of hydrogen-bond acceptors (Lipinski definition) is 4. The number of anilines is 1. The number of methoxy groups -OCH3 is 1. The molecular weight excluding hydrogens is 330 g/mol. The van der Waals surface area contributed by atoms with Crippen LogP contribution in [0.4, 0.5) is 5.69 Å². The van der Waals surface area contributed by atoms with Crippen molar-refractivity contribution < 1.29 is 19.1 Å². The molecule has 0 aliphatic carbocycles. The van der Waals surface area contributed by atoms with Crippen LogP contribution in [0.15, 0.2) is 48.5 Å². The third kappa shape index (κ3) is 5.62. The largest absolute Gasteiger partial charge is 0.496 e. The predicted octanol–water partition coefficient (Wildman–Crippen LogP) is 3.93. The van der Waals surface area contributed by atoms with Gasteiger partial charge in [-0.15, -0.1) is 0 Å². The van der Waals surface area contributed by atoms with Gasteiger partial charge >= 0.3 is 5.97 Å². The van der Waals surface area contributed by atoms with Crippen LogP contribution < -0.4 is 10.1 Å². The van der Waals surface area contributed by atoms with Crippen molar-refractivity contribution >= 4 is 17.6 Å². The van der Waals surface area contributed by atoms with Gasteiger partial charge in [0.05, 0.1) is 13.5 Å². The molecule has 5 heteroatoms. The van der Waals surface area contributed by atoms with Crippen LogP contribution >= 0.6 is 0 Å². The molecule has 2 aromatic rings. The smallest absolute Gasteiger partial charge is 0.310 e. The van der Waals surface area contributed by atoms with E-state index in [1.165, 1.54) is 5.56 Å². The SMILES string of the molecule is CC[C@@H](C)c1ccc(NC(=O)COC(=O)Cc2ccccc2OC)cc1. The van der Waals surface area contributed by atoms with E-state index in [1.54, 1.807) is 19.2 Å². The molecule has 5 nitrogen and oxygen atoms in total. The Morgan fingerprint density at radius 2 is 1.77 bits per heavy atom. The van der Waals surface area contributed by atoms with Crippen molar-refractivity contribution in [2.24, 2.45) is 0 Å². The molecule has 0 spiro atoms. The molecule has 2 rings (SSSR count). The average molecular weight is 355 g/mol. The summed E-state index contributed by atoms with van der Waals surface area (Å²) in [6.07, 6.45) is 1.12. The second-order valence-electron chi connectivity index (χ2n) is 6.13. The summed E-state index contributed by atoms with van der Waals surface area (Å²) in [6, 6.07) is 14.9. The zero-order chi connectivity index (χ0) is 18.9. The van der Waals surface area contributed by atoms with Crippen molar-refractivity contribution in [1.29, 1.82) is 0 Å². The van der Waals surface area contributed by atoms with E-state index >= 15 is 0 Å². The molecule has 0 fully saturated rings. The summed E-state index contributed by atoms with van der Waals surface area (Å²) in [5.41, 5.74) is 2.64. The topological polar surface area (TPSA) is 64.6 Å². The van der Waals surface area contributed by atoms with Gasteiger partial charge in [0.15, 0.2) is 6.61 Å². The van der Waals surface area contributed by atoms with E-state index in [-0.39, 0.29) is 18.9 Å². The number of carbonyl (C=O) groups is 2. The molecule has 0 heterocycles. The van der Waals surface area contributed by atoms with E-state index in [0.717, 1.165) is 12.0 Å². The van der Waals surface area contributed by atoms with Crippen LogP contribution in [0.2, 0.25) is 0 Å². The summed E-state index contributed by atoms with van der Waals surface area (Å²) in [5, 5.41) is 2.73. The maximum absolute atomic E-state index is 12.0. The van der Waals surface area contributed by atoms with E-state index in [0.29, 0.717) is 17.4 Å². The summed E-state index contributed by atoms with van der Waals surface area (Å²) in [6.45, 7) is 3.98. The van der Waals surface area contributed by atoms with Gasteiger partial charge in [-0.05, 0) is 36.1 Å². The summed E-state index contributed by atoms with van der Waals surface area (Å²) in [5.74, 6) is 0.261. The minimum absolute atomic E-state index is 0.0564. The molecule has 2 aromatic carbocycles. The number of para-hydroxylation sites is 1. The zero-order valence-corrected chi connectivity index (χ0v) is 15.5. The molecular formula is C21H25NO4. The van der Waals surface area contributed by atoms with Crippen molar-refractivity contribution in [2.45, 2.75) is 32.6 Å². The molecule has 138 valence electrons. The first-order valence-corrected chi connectivity index (χ1v) is 8.70. The molecule has 0 aliphatic rings. The highest BCUT2D eigenvalue weighted by atomic mass is 16.5. The fraction of sp³-hybridized carbons (Fsp3) is 0.333. The Bertz CT molecular complexity index is 740. The number of benzene rings is 2. The summed E-state index contributed by atoms with van der Waals surface area (Å²) in [4.78, 5) is 23.9. The first kappa shape index (κ1) is 19.5. The van der Waals surface area contributed by atoms with Gasteiger partial charge in [-0.3, -0.25) is 9.59 Å². The molecule has 0 aliphatic heterocycles. The molecule has 1 amide bonds. The third-order valence-electron chi connectivity index (χ3n) is 4.27. The Labute approximate surface area is 154 Å². The molecule has 0 radical (unpaired) electrons. The number of rotatable bonds is 8. The molecule has 1 N–H and O–H groups in total. The van der Waals surface area contributed by atoms with Crippen LogP contribution in [0.3, 0.4) is 0 Å². The van der Waals surface area contributed by atoms with Crippen LogP contribution in [-0.4, -0.2) is 25.6 Å². The molecule has 0 saturated carbocycles. The number of ether oxygens (including phenoxy) is 2. The van der Waals surface area contributed by atoms with Crippen LogP contribution in [0.5, 0.6) is 5.75 Å². The maximum atomic E-state index is 12.0. The fourth-order valence-corrected chi connectivity index (χ4v) is 2.53. The molecule has 26 heavy (non-hydrogen) atoms. The first-order chi connectivity index (χ1) is 12.5. The minimum Gasteiger partial charge on any atom is -0.496 e. The molecule has 0 bridgehead atoms. The standard InChI is InChI=1S/C21H25NO4/c1-4-15(2)16-9-11-18(12-10-16)22-20(23)14-26-21(24)13-17-7-5-6-8-19(17)25-3/h5-12,15H,4,13-14H2,1-3H3,(H,22,23)/t15-/m1/s1. The van der Waals surface area contributed by atoms with Gasteiger partial charge in [0, 0.05) is 11.3 Å². The predicted molar refractivity (Wildman–Crippen MR) is 101 cm³/mol. The lowest BCUT2D eigenvalue weighted by atomic mass is 9.99. The summed E-state index contributed by atoms with van der Waals surface area (Å²) >= 11 is 0. The quantitative estimate of drug-likeness (QED) is 0.729. The molecule has 0 saturated heterocycles. The maximum Gasteiger partial charge on any atom is 0.310 e. The van der Waals surface area contributed by atoms with Gasteiger partial charge < -0.3 is 14.8 Å². The van der Waals surface area contributed by atoms with Gasteiger partial charge in [0.2, 0.25) is 0 Å². The number of hydrogen-bond donors (Lipinski definition) is 1. The lowest BCUT2D eigenvalue weighted by molar-refractivity contribution is -0.146. The van der Waals surface area contributed by atoms with Gasteiger partial charge in [-0.25, -0.2) is 0 Å². The Morgan fingerprint density at radius 3 is 2.42 bits per heavy atom. The Kier molecular flexibility index (Phi) is 7.21. The van der Waals surface area contributed by atoms with Crippen LogP contribution in [-0.2, 0) is 20.7 Å². The van der Waals surface area contributed by atoms with E-state index in [2.05, 4.69) is 19.2 Å². The highest BCUT2D eigenvalue weighted by Crippen LogP contribution is 2.20. The lowest BCUT2D eigenvalue weighted by Gasteiger charge is -2.11. The van der Waals surface area contributed by atoms with Gasteiger partial charge in [0.1, 0.15) is 5.75 Å². The highest BCUT2D eigenvalue weighted by Gasteiger charge is 2.12. The van der Waals surface area contributed by atoms with Crippen LogP contribution in [0.25, 0.3) is 0 Å². The van der Waals surface area contributed by atoms with Crippen LogP contribution in [0, 0.1) is 0 Å². The van der Waals surface area contributed by atoms with E-state index in [9.17, 15) is 9.59 Å². The fourth-order valence-electron chi connectivity index (χ4n) is 2.53. The van der Waals surface area contributed by atoms with Crippen molar-refractivity contribution in [3.05, 3.63) is 59.7 Å². The van der Waals surface area contributed by atoms with Gasteiger partial charge in [-0.2, -0.15) is 0 Å². The highest BCUT2D eigenvalue weighted by molar-refractivity contribution is 5.92. The molecule has 0 unspecified atom stereocenters. The molecule has 0 aromatic heterocycles. The van der Waals surface area contributed by atoms with Crippen molar-refractivity contribution in [1.82, 2.24) is 0 Å². The van der Waals surface area contributed by atoms with Crippen molar-refractivity contribution in [3.63, 3.8) is 0 Å². The van der Waals surface area contributed by atoms with Crippen molar-refractivity contribution in [2.75, 3.05) is 19.0 Å². The van der Waals surface area contributed by atoms with E-state index in [4.69, 9.17) is 9.47 Å². The van der Waals surface area contributed by atoms with E-state index in [1.807, 2.05) is 36.4 Å². The number of nitrogens with one attached hydrogen (secondary N) is 1. The number of esters is 1. The van der Waals surface area contributed by atoms with Gasteiger partial charge in [-0.1, -0.05) is 44.2 Å². The number of amides is 1. The normalized spacial score (nSPS) is 11.5. The van der Waals surface area contributed by atoms with Gasteiger partial charge in [0.25, 0.3) is 5.91 Å². The Hall–Kier alpha value is -2.82. The second kappa shape index (κ2) is 9.61. The minimum atomic E-state index is -0.475. The zero-order valence-electron chi connectivity index (χ0n) is 15.5. The number of carbonyl (C=O) groups excluding carboxylic acids is 2. The second-order valence-corrected chi connectivity index (χ2v) is 6.13. The Balaban J connectivity index is 1.82. The summed E-state index contributed by atoms with van der Waals surface area (Å²) < 4.78 is 10.3. The first-order valence-electron chi connectivity index (χ1n) is 8.70. The van der Waals surface area contributed by atoms with Crippen molar-refractivity contribution in [3.8, 4) is 5.75 Å². The average Bonchev–Trinajstić information content (AvgIpc) is 2.67. The van der Waals surface area contributed by atoms with E-state index < -0.39 is 5.97 Å².